The van der Waals surface area contributed by atoms with E-state index in [1.807, 2.05) is 61.5 Å². The highest BCUT2D eigenvalue weighted by Crippen LogP contribution is 2.66. The Balaban J connectivity index is 2.45. The van der Waals surface area contributed by atoms with Gasteiger partial charge in [0.1, 0.15) is 16.7 Å². The summed E-state index contributed by atoms with van der Waals surface area (Å²) >= 11 is 0. The van der Waals surface area contributed by atoms with Gasteiger partial charge in [0.2, 0.25) is 0 Å². The lowest BCUT2D eigenvalue weighted by atomic mass is 9.38. The normalized spacial score (nSPS) is 26.1. The van der Waals surface area contributed by atoms with Crippen LogP contribution in [0, 0.1) is 28.1 Å². The zero-order chi connectivity index (χ0) is 33.4. The molecule has 0 radical (unpaired) electrons. The molecule has 3 N–H and O–H groups in total. The van der Waals surface area contributed by atoms with Crippen molar-refractivity contribution >= 4 is 23.1 Å². The fourth-order valence-corrected chi connectivity index (χ4v) is 7.19. The van der Waals surface area contributed by atoms with Gasteiger partial charge in [-0.15, -0.1) is 6.58 Å². The highest BCUT2D eigenvalue weighted by molar-refractivity contribution is 6.41. The van der Waals surface area contributed by atoms with E-state index in [0.717, 1.165) is 28.4 Å². The number of hydrogen-bond donors (Lipinski definition) is 3. The Morgan fingerprint density at radius 2 is 1.57 bits per heavy atom. The average Bonchev–Trinajstić information content (AvgIpc) is 2.91. The topological polar surface area (TPSA) is 112 Å². The van der Waals surface area contributed by atoms with Crippen LogP contribution in [0.1, 0.15) is 99.5 Å². The Kier molecular flexibility index (Phi) is 10.1. The monoisotopic (exact) mass is 602 g/mol. The zero-order valence-electron chi connectivity index (χ0n) is 27.8. The van der Waals surface area contributed by atoms with Crippen LogP contribution in [-0.2, 0) is 14.4 Å². The second kappa shape index (κ2) is 12.7. The Morgan fingerprint density at radius 1 is 0.955 bits per heavy atom. The van der Waals surface area contributed by atoms with Gasteiger partial charge in [-0.2, -0.15) is 0 Å². The van der Waals surface area contributed by atoms with E-state index < -0.39 is 50.6 Å². The van der Waals surface area contributed by atoms with Crippen LogP contribution < -0.4 is 0 Å². The standard InChI is InChI=1S/C38H50O6/c1-22(2)11-13-27(25(7)8)20-37-21-28(15-12-23(3)4)36(9,10)38(35(37)44,18-17-24(5)6)34(43)31(33(37)42)32(41)26-14-16-29(39)30(40)19-26/h12,14,16-17,19,27-28,39-41H,1,7,11,13,15,18,20-21H2,2-6,8-10H3/t27-,28+,37+,38-/m1/s1. The second-order valence-electron chi connectivity index (χ2n) is 14.3. The van der Waals surface area contributed by atoms with Gasteiger partial charge >= 0.3 is 0 Å². The largest absolute Gasteiger partial charge is 0.506 e. The number of phenols is 2. The van der Waals surface area contributed by atoms with E-state index in [9.17, 15) is 24.9 Å². The van der Waals surface area contributed by atoms with E-state index in [1.165, 1.54) is 12.1 Å². The highest BCUT2D eigenvalue weighted by atomic mass is 16.3. The van der Waals surface area contributed by atoms with E-state index in [-0.39, 0.29) is 42.4 Å². The maximum absolute atomic E-state index is 15.2. The van der Waals surface area contributed by atoms with Crippen LogP contribution in [0.2, 0.25) is 0 Å². The first-order valence-electron chi connectivity index (χ1n) is 15.5. The van der Waals surface area contributed by atoms with Crippen molar-refractivity contribution < 1.29 is 29.7 Å². The quantitative estimate of drug-likeness (QED) is 0.0583. The van der Waals surface area contributed by atoms with Crippen molar-refractivity contribution in [2.75, 3.05) is 0 Å². The van der Waals surface area contributed by atoms with Crippen LogP contribution in [0.15, 0.2) is 71.4 Å². The highest BCUT2D eigenvalue weighted by Gasteiger charge is 2.74. The first-order valence-corrected chi connectivity index (χ1v) is 15.5. The number of allylic oxidation sites excluding steroid dienone is 7. The SMILES string of the molecule is C=C(C)CC[C@H](C[C@]12C[C@H](CC=C(C)C)C(C)(C)[C@](CC=C(C)C)(C(=O)C(=C(O)c3ccc(O)c(O)c3)C1=O)C2=O)C(=C)C. The van der Waals surface area contributed by atoms with Gasteiger partial charge in [-0.05, 0) is 116 Å². The average molecular weight is 603 g/mol. The van der Waals surface area contributed by atoms with Gasteiger partial charge in [0, 0.05) is 5.56 Å². The lowest BCUT2D eigenvalue weighted by Gasteiger charge is -2.60. The number of rotatable bonds is 11. The summed E-state index contributed by atoms with van der Waals surface area (Å²) in [6.07, 6.45) is 6.46. The number of fused-ring (bicyclic) bond motifs is 2. The molecule has 1 aromatic carbocycles. The zero-order valence-corrected chi connectivity index (χ0v) is 27.8. The van der Waals surface area contributed by atoms with Gasteiger partial charge in [-0.1, -0.05) is 54.9 Å². The molecule has 2 saturated carbocycles. The molecule has 0 spiro atoms. The summed E-state index contributed by atoms with van der Waals surface area (Å²) in [6.45, 7) is 23.8. The van der Waals surface area contributed by atoms with E-state index in [0.29, 0.717) is 19.3 Å². The molecule has 1 aromatic rings. The predicted octanol–water partition coefficient (Wildman–Crippen LogP) is 8.76. The number of aliphatic hydroxyl groups is 1. The molecule has 6 heteroatoms. The smallest absolute Gasteiger partial charge is 0.184 e. The van der Waals surface area contributed by atoms with Crippen LogP contribution in [0.4, 0.5) is 0 Å². The number of aromatic hydroxyl groups is 2. The fraction of sp³-hybridized carbons (Fsp3) is 0.500. The summed E-state index contributed by atoms with van der Waals surface area (Å²) in [4.78, 5) is 44.9. The molecule has 238 valence electrons. The molecular weight excluding hydrogens is 552 g/mol. The minimum atomic E-state index is -1.62. The number of benzene rings is 1. The molecule has 6 nitrogen and oxygen atoms in total. The molecular formula is C38H50O6. The summed E-state index contributed by atoms with van der Waals surface area (Å²) in [5, 5.41) is 31.7. The molecule has 0 amide bonds. The molecule has 2 fully saturated rings. The molecule has 3 rings (SSSR count). The maximum atomic E-state index is 15.2. The lowest BCUT2D eigenvalue weighted by Crippen LogP contribution is -2.69. The van der Waals surface area contributed by atoms with Crippen molar-refractivity contribution in [1.29, 1.82) is 0 Å². The minimum absolute atomic E-state index is 0.00886. The van der Waals surface area contributed by atoms with E-state index in [1.54, 1.807) is 0 Å². The van der Waals surface area contributed by atoms with E-state index >= 15 is 4.79 Å². The number of ketones is 3. The summed E-state index contributed by atoms with van der Waals surface area (Å²) in [5.74, 6) is -3.61. The van der Waals surface area contributed by atoms with Crippen LogP contribution >= 0.6 is 0 Å². The molecule has 2 aliphatic rings. The summed E-state index contributed by atoms with van der Waals surface area (Å²) in [6, 6.07) is 3.64. The van der Waals surface area contributed by atoms with Crippen LogP contribution in [0.25, 0.3) is 5.76 Å². The van der Waals surface area contributed by atoms with Crippen molar-refractivity contribution in [3.63, 3.8) is 0 Å². The first-order chi connectivity index (χ1) is 20.3. The van der Waals surface area contributed by atoms with Crippen molar-refractivity contribution in [3.8, 4) is 11.5 Å². The lowest BCUT2D eigenvalue weighted by molar-refractivity contribution is -0.177. The van der Waals surface area contributed by atoms with Crippen LogP contribution in [0.5, 0.6) is 11.5 Å². The Bertz CT molecular complexity index is 1480. The third kappa shape index (κ3) is 6.00. The van der Waals surface area contributed by atoms with Gasteiger partial charge in [0.05, 0.1) is 5.41 Å². The molecule has 4 atom stereocenters. The Hall–Kier alpha value is -3.67. The van der Waals surface area contributed by atoms with Crippen molar-refractivity contribution in [2.45, 2.75) is 93.9 Å². The molecule has 0 aliphatic heterocycles. The van der Waals surface area contributed by atoms with E-state index in [4.69, 9.17) is 0 Å². The second-order valence-corrected chi connectivity index (χ2v) is 14.3. The third-order valence-electron chi connectivity index (χ3n) is 10.1. The first kappa shape index (κ1) is 34.8. The van der Waals surface area contributed by atoms with Crippen molar-refractivity contribution in [1.82, 2.24) is 0 Å². The number of Topliss-reactive ketones (excluding diaryl/α,β-unsaturated/α-hetero) is 3. The van der Waals surface area contributed by atoms with Gasteiger partial charge < -0.3 is 15.3 Å². The van der Waals surface area contributed by atoms with Crippen molar-refractivity contribution in [3.05, 3.63) is 76.9 Å². The summed E-state index contributed by atoms with van der Waals surface area (Å²) in [7, 11) is 0. The molecule has 2 bridgehead atoms. The molecule has 0 unspecified atom stereocenters. The summed E-state index contributed by atoms with van der Waals surface area (Å²) < 4.78 is 0. The molecule has 44 heavy (non-hydrogen) atoms. The number of phenolic OH excluding ortho intramolecular Hbond substituents is 2. The molecule has 0 aromatic heterocycles. The number of hydrogen-bond acceptors (Lipinski definition) is 6. The van der Waals surface area contributed by atoms with Crippen LogP contribution in [-0.4, -0.2) is 32.7 Å². The molecule has 0 saturated heterocycles. The van der Waals surface area contributed by atoms with Gasteiger partial charge in [0.15, 0.2) is 28.8 Å². The maximum Gasteiger partial charge on any atom is 0.184 e. The Labute approximate surface area is 263 Å². The minimum Gasteiger partial charge on any atom is -0.506 e. The van der Waals surface area contributed by atoms with E-state index in [2.05, 4.69) is 19.2 Å². The number of aliphatic hydroxyl groups excluding tert-OH is 1. The predicted molar refractivity (Wildman–Crippen MR) is 176 cm³/mol. The van der Waals surface area contributed by atoms with Gasteiger partial charge in [-0.3, -0.25) is 14.4 Å². The Morgan fingerprint density at radius 3 is 2.09 bits per heavy atom. The third-order valence-corrected chi connectivity index (χ3v) is 10.1. The fourth-order valence-electron chi connectivity index (χ4n) is 7.19. The number of carbonyl (C=O) groups excluding carboxylic acids is 3. The van der Waals surface area contributed by atoms with Crippen LogP contribution in [0.3, 0.4) is 0 Å². The van der Waals surface area contributed by atoms with Gasteiger partial charge in [0.25, 0.3) is 0 Å². The molecule has 2 aliphatic carbocycles. The molecule has 0 heterocycles. The van der Waals surface area contributed by atoms with Gasteiger partial charge in [-0.25, -0.2) is 0 Å². The van der Waals surface area contributed by atoms with Crippen molar-refractivity contribution in [2.24, 2.45) is 28.1 Å². The summed E-state index contributed by atoms with van der Waals surface area (Å²) in [5.41, 5.74) is -0.587. The number of carbonyl (C=O) groups is 3.